The molecule has 1 aromatic heterocycles. The number of carbonyl (C=O) groups is 4. The Morgan fingerprint density at radius 2 is 1.59 bits per heavy atom. The second-order valence-corrected chi connectivity index (χ2v) is 10.0. The summed E-state index contributed by atoms with van der Waals surface area (Å²) in [7, 11) is 0. The predicted molar refractivity (Wildman–Crippen MR) is 139 cm³/mol. The van der Waals surface area contributed by atoms with Crippen molar-refractivity contribution in [3.8, 4) is 0 Å². The standard InChI is InChI=1S/C26H39N7O4/c1-15(2)12-20(30-26(37)21(29-18(6)34)13-19-10-8-7-9-11-19)22-14-28-32-33(22)17(5)25(36)31-23(16(3)4)24(27)35/h7-11,14-17,20-21,23H,12-13H2,1-6H3,(H2,27,35)(H,29,34)(H,30,37)(H,31,36)/t17-,20+,21+,23+/m1/s1. The molecule has 202 valence electrons. The van der Waals surface area contributed by atoms with E-state index in [9.17, 15) is 19.2 Å². The van der Waals surface area contributed by atoms with E-state index in [2.05, 4.69) is 26.3 Å². The van der Waals surface area contributed by atoms with Gasteiger partial charge in [-0.25, -0.2) is 4.68 Å². The minimum atomic E-state index is -0.829. The highest BCUT2D eigenvalue weighted by Gasteiger charge is 2.30. The third-order valence-electron chi connectivity index (χ3n) is 5.98. The van der Waals surface area contributed by atoms with Gasteiger partial charge in [0.1, 0.15) is 18.1 Å². The summed E-state index contributed by atoms with van der Waals surface area (Å²) in [4.78, 5) is 50.0. The summed E-state index contributed by atoms with van der Waals surface area (Å²) in [5.41, 5.74) is 6.88. The summed E-state index contributed by atoms with van der Waals surface area (Å²) in [5.74, 6) is -1.75. The van der Waals surface area contributed by atoms with E-state index in [1.165, 1.54) is 17.8 Å². The van der Waals surface area contributed by atoms with Gasteiger partial charge in [0.05, 0.1) is 17.9 Å². The van der Waals surface area contributed by atoms with Crippen molar-refractivity contribution >= 4 is 23.6 Å². The summed E-state index contributed by atoms with van der Waals surface area (Å²) < 4.78 is 1.44. The SMILES string of the molecule is CC(=O)N[C@@H](Cc1ccccc1)C(=O)N[C@@H](CC(C)C)c1cnnn1[C@H](C)C(=O)N[C@H](C(N)=O)C(C)C. The van der Waals surface area contributed by atoms with Crippen molar-refractivity contribution in [2.45, 2.75) is 78.6 Å². The van der Waals surface area contributed by atoms with Crippen molar-refractivity contribution in [3.63, 3.8) is 0 Å². The number of hydrogen-bond donors (Lipinski definition) is 4. The third kappa shape index (κ3) is 8.69. The zero-order chi connectivity index (χ0) is 27.7. The molecule has 4 atom stereocenters. The highest BCUT2D eigenvalue weighted by molar-refractivity contribution is 5.88. The van der Waals surface area contributed by atoms with E-state index in [1.807, 2.05) is 44.2 Å². The van der Waals surface area contributed by atoms with Crippen LogP contribution in [-0.2, 0) is 25.6 Å². The normalized spacial score (nSPS) is 14.5. The fourth-order valence-electron chi connectivity index (χ4n) is 4.06. The molecule has 0 aliphatic carbocycles. The Hall–Kier alpha value is -3.76. The molecule has 0 bridgehead atoms. The van der Waals surface area contributed by atoms with Gasteiger partial charge in [-0.2, -0.15) is 0 Å². The van der Waals surface area contributed by atoms with Crippen LogP contribution in [0.25, 0.3) is 0 Å². The lowest BCUT2D eigenvalue weighted by atomic mass is 9.99. The molecule has 0 aliphatic rings. The molecule has 0 aliphatic heterocycles. The van der Waals surface area contributed by atoms with Crippen molar-refractivity contribution in [3.05, 3.63) is 47.8 Å². The molecule has 0 fully saturated rings. The first kappa shape index (κ1) is 29.5. The van der Waals surface area contributed by atoms with E-state index in [0.717, 1.165) is 5.56 Å². The van der Waals surface area contributed by atoms with Gasteiger partial charge in [-0.1, -0.05) is 63.2 Å². The molecule has 4 amide bonds. The van der Waals surface area contributed by atoms with Crippen LogP contribution >= 0.6 is 0 Å². The number of carbonyl (C=O) groups excluding carboxylic acids is 4. The lowest BCUT2D eigenvalue weighted by molar-refractivity contribution is -0.130. The highest BCUT2D eigenvalue weighted by Crippen LogP contribution is 2.23. The van der Waals surface area contributed by atoms with Crippen LogP contribution in [0.3, 0.4) is 0 Å². The van der Waals surface area contributed by atoms with Crippen molar-refractivity contribution in [2.24, 2.45) is 17.6 Å². The zero-order valence-electron chi connectivity index (χ0n) is 22.4. The van der Waals surface area contributed by atoms with Crippen LogP contribution in [0.2, 0.25) is 0 Å². The molecule has 11 heteroatoms. The molecule has 11 nitrogen and oxygen atoms in total. The van der Waals surface area contributed by atoms with Crippen molar-refractivity contribution in [2.75, 3.05) is 0 Å². The van der Waals surface area contributed by atoms with Crippen LogP contribution in [0, 0.1) is 11.8 Å². The maximum Gasteiger partial charge on any atom is 0.245 e. The number of hydrogen-bond acceptors (Lipinski definition) is 6. The Labute approximate surface area is 217 Å². The van der Waals surface area contributed by atoms with Gasteiger partial charge < -0.3 is 21.7 Å². The Balaban J connectivity index is 2.29. The fraction of sp³-hybridized carbons (Fsp3) is 0.538. The molecule has 0 radical (unpaired) electrons. The van der Waals surface area contributed by atoms with Crippen LogP contribution in [0.1, 0.15) is 71.3 Å². The summed E-state index contributed by atoms with van der Waals surface area (Å²) in [5, 5.41) is 16.5. The quantitative estimate of drug-likeness (QED) is 0.317. The van der Waals surface area contributed by atoms with E-state index < -0.39 is 36.0 Å². The molecule has 5 N–H and O–H groups in total. The van der Waals surface area contributed by atoms with Gasteiger partial charge in [-0.05, 0) is 30.7 Å². The molecular formula is C26H39N7O4. The molecule has 37 heavy (non-hydrogen) atoms. The van der Waals surface area contributed by atoms with E-state index in [4.69, 9.17) is 5.73 Å². The molecule has 1 heterocycles. The van der Waals surface area contributed by atoms with Gasteiger partial charge in [0.15, 0.2) is 0 Å². The minimum Gasteiger partial charge on any atom is -0.368 e. The highest BCUT2D eigenvalue weighted by atomic mass is 16.2. The van der Waals surface area contributed by atoms with Gasteiger partial charge in [0.25, 0.3) is 0 Å². The lowest BCUT2D eigenvalue weighted by Crippen LogP contribution is -2.50. The summed E-state index contributed by atoms with van der Waals surface area (Å²) in [6.45, 7) is 10.6. The number of primary amides is 1. The topological polar surface area (TPSA) is 161 Å². The van der Waals surface area contributed by atoms with Gasteiger partial charge in [0.2, 0.25) is 23.6 Å². The van der Waals surface area contributed by atoms with Gasteiger partial charge in [-0.15, -0.1) is 5.10 Å². The molecule has 2 aromatic rings. The van der Waals surface area contributed by atoms with Crippen molar-refractivity contribution < 1.29 is 19.2 Å². The summed E-state index contributed by atoms with van der Waals surface area (Å²) in [6, 6.07) is 6.45. The van der Waals surface area contributed by atoms with E-state index in [1.54, 1.807) is 20.8 Å². The van der Waals surface area contributed by atoms with Crippen LogP contribution in [0.4, 0.5) is 0 Å². The average Bonchev–Trinajstić information content (AvgIpc) is 3.30. The third-order valence-corrected chi connectivity index (χ3v) is 5.98. The van der Waals surface area contributed by atoms with E-state index in [-0.39, 0.29) is 23.7 Å². The zero-order valence-corrected chi connectivity index (χ0v) is 22.4. The molecule has 0 spiro atoms. The van der Waals surface area contributed by atoms with Gasteiger partial charge in [0, 0.05) is 13.3 Å². The number of benzene rings is 1. The molecule has 0 saturated heterocycles. The van der Waals surface area contributed by atoms with Gasteiger partial charge in [-0.3, -0.25) is 19.2 Å². The van der Waals surface area contributed by atoms with Crippen molar-refractivity contribution in [1.29, 1.82) is 0 Å². The maximum absolute atomic E-state index is 13.4. The first-order valence-electron chi connectivity index (χ1n) is 12.5. The smallest absolute Gasteiger partial charge is 0.245 e. The van der Waals surface area contributed by atoms with E-state index >= 15 is 0 Å². The molecule has 0 unspecified atom stereocenters. The number of nitrogens with one attached hydrogen (secondary N) is 3. The Morgan fingerprint density at radius 1 is 0.946 bits per heavy atom. The second kappa shape index (κ2) is 13.5. The maximum atomic E-state index is 13.4. The van der Waals surface area contributed by atoms with Crippen LogP contribution in [0.5, 0.6) is 0 Å². The second-order valence-electron chi connectivity index (χ2n) is 10.0. The largest absolute Gasteiger partial charge is 0.368 e. The number of rotatable bonds is 13. The summed E-state index contributed by atoms with van der Waals surface area (Å²) in [6.07, 6.45) is 2.37. The number of nitrogens with two attached hydrogens (primary N) is 1. The minimum absolute atomic E-state index is 0.186. The number of nitrogens with zero attached hydrogens (tertiary/aromatic N) is 3. The average molecular weight is 514 g/mol. The van der Waals surface area contributed by atoms with Gasteiger partial charge >= 0.3 is 0 Å². The Morgan fingerprint density at radius 3 is 2.14 bits per heavy atom. The van der Waals surface area contributed by atoms with Crippen LogP contribution in [-0.4, -0.2) is 50.7 Å². The Bertz CT molecular complexity index is 1070. The number of amides is 4. The number of aromatic nitrogens is 3. The first-order chi connectivity index (χ1) is 17.4. The lowest BCUT2D eigenvalue weighted by Gasteiger charge is -2.26. The molecular weight excluding hydrogens is 474 g/mol. The predicted octanol–water partition coefficient (Wildman–Crippen LogP) is 1.42. The first-order valence-corrected chi connectivity index (χ1v) is 12.5. The van der Waals surface area contributed by atoms with E-state index in [0.29, 0.717) is 18.5 Å². The van der Waals surface area contributed by atoms with Crippen molar-refractivity contribution in [1.82, 2.24) is 30.9 Å². The van der Waals surface area contributed by atoms with Crippen LogP contribution in [0.15, 0.2) is 36.5 Å². The Kier molecular flexibility index (Phi) is 10.8. The molecule has 2 rings (SSSR count). The fourth-order valence-corrected chi connectivity index (χ4v) is 4.06. The van der Waals surface area contributed by atoms with Crippen LogP contribution < -0.4 is 21.7 Å². The molecule has 1 aromatic carbocycles. The monoisotopic (exact) mass is 513 g/mol. The summed E-state index contributed by atoms with van der Waals surface area (Å²) >= 11 is 0. The molecule has 0 saturated carbocycles.